The highest BCUT2D eigenvalue weighted by atomic mass is 16.9. The lowest BCUT2D eigenvalue weighted by Crippen LogP contribution is -2.76. The molecule has 3 saturated heterocycles. The van der Waals surface area contributed by atoms with Crippen LogP contribution in [-0.2, 0) is 34.5 Å². The maximum absolute atomic E-state index is 14.0. The molecule has 5 fully saturated rings. The molecule has 0 amide bonds. The molecule has 3 aliphatic carbocycles. The number of Topliss-reactive ketones (excluding diaryl/α,β-unsaturated/α-hetero) is 1. The maximum atomic E-state index is 14.0. The Kier molecular flexibility index (Phi) is 5.87. The number of aromatic hydroxyl groups is 1. The van der Waals surface area contributed by atoms with Gasteiger partial charge in [0.15, 0.2) is 28.5 Å². The molecular formula is C35H36O11. The molecule has 0 spiro atoms. The van der Waals surface area contributed by atoms with Gasteiger partial charge < -0.3 is 43.7 Å². The van der Waals surface area contributed by atoms with Gasteiger partial charge in [-0.3, -0.25) is 4.79 Å². The van der Waals surface area contributed by atoms with Crippen molar-refractivity contribution in [2.24, 2.45) is 17.8 Å². The summed E-state index contributed by atoms with van der Waals surface area (Å²) in [5.41, 5.74) is -5.23. The van der Waals surface area contributed by atoms with E-state index in [1.54, 1.807) is 39.0 Å². The Labute approximate surface area is 265 Å². The molecule has 0 radical (unpaired) electrons. The van der Waals surface area contributed by atoms with Gasteiger partial charge in [-0.15, -0.1) is 0 Å². The van der Waals surface area contributed by atoms with E-state index in [0.29, 0.717) is 11.1 Å². The number of hydrogen-bond acceptors (Lipinski definition) is 11. The van der Waals surface area contributed by atoms with Gasteiger partial charge in [0.25, 0.3) is 0 Å². The van der Waals surface area contributed by atoms with Gasteiger partial charge in [-0.1, -0.05) is 49.9 Å². The normalized spacial score (nSPS) is 46.0. The number of methoxy groups -OCH3 is 1. The van der Waals surface area contributed by atoms with E-state index >= 15 is 0 Å². The lowest BCUT2D eigenvalue weighted by Gasteiger charge is -2.61. The van der Waals surface area contributed by atoms with Crippen LogP contribution in [-0.4, -0.2) is 81.0 Å². The molecule has 11 heteroatoms. The van der Waals surface area contributed by atoms with Crippen molar-refractivity contribution in [3.8, 4) is 11.5 Å². The van der Waals surface area contributed by atoms with Crippen molar-refractivity contribution in [1.29, 1.82) is 0 Å². The third-order valence-electron chi connectivity index (χ3n) is 11.5. The van der Waals surface area contributed by atoms with E-state index < -0.39 is 82.3 Å². The zero-order valence-corrected chi connectivity index (χ0v) is 26.1. The van der Waals surface area contributed by atoms with Crippen LogP contribution in [0.5, 0.6) is 11.5 Å². The number of phenols is 1. The number of epoxide rings is 1. The van der Waals surface area contributed by atoms with Crippen molar-refractivity contribution < 1.29 is 53.3 Å². The molecule has 12 atom stereocenters. The largest absolute Gasteiger partial charge is 0.504 e. The minimum atomic E-state index is -2.31. The molecule has 2 aromatic rings. The number of aliphatic hydroxyl groups is 2. The van der Waals surface area contributed by atoms with Crippen molar-refractivity contribution in [3.63, 3.8) is 0 Å². The predicted molar refractivity (Wildman–Crippen MR) is 158 cm³/mol. The van der Waals surface area contributed by atoms with E-state index in [2.05, 4.69) is 6.58 Å². The van der Waals surface area contributed by atoms with E-state index in [9.17, 15) is 24.9 Å². The lowest BCUT2D eigenvalue weighted by atomic mass is 9.53. The van der Waals surface area contributed by atoms with Crippen LogP contribution in [0, 0.1) is 17.8 Å². The van der Waals surface area contributed by atoms with Crippen molar-refractivity contribution in [1.82, 2.24) is 0 Å². The van der Waals surface area contributed by atoms with Crippen molar-refractivity contribution in [2.75, 3.05) is 7.11 Å². The zero-order valence-electron chi connectivity index (χ0n) is 26.1. The molecule has 3 bridgehead atoms. The molecule has 46 heavy (non-hydrogen) atoms. The lowest BCUT2D eigenvalue weighted by molar-refractivity contribution is -0.440. The molecule has 3 N–H and O–H groups in total. The van der Waals surface area contributed by atoms with Crippen LogP contribution in [0.25, 0.3) is 0 Å². The van der Waals surface area contributed by atoms with Crippen molar-refractivity contribution in [2.45, 2.75) is 80.5 Å². The monoisotopic (exact) mass is 632 g/mol. The number of fused-ring (bicyclic) bond motifs is 3. The second kappa shape index (κ2) is 9.06. The van der Waals surface area contributed by atoms with E-state index in [4.69, 9.17) is 28.4 Å². The first-order valence-corrected chi connectivity index (χ1v) is 15.4. The smallest absolute Gasteiger partial charge is 0.338 e. The molecular weight excluding hydrogens is 596 g/mol. The van der Waals surface area contributed by atoms with E-state index in [1.807, 2.05) is 25.1 Å². The van der Waals surface area contributed by atoms with Crippen LogP contribution in [0.15, 0.2) is 72.3 Å². The summed E-state index contributed by atoms with van der Waals surface area (Å²) in [5.74, 6) is -5.85. The Morgan fingerprint density at radius 1 is 1.07 bits per heavy atom. The summed E-state index contributed by atoms with van der Waals surface area (Å²) in [7, 11) is 1.37. The second-order valence-corrected chi connectivity index (χ2v) is 13.7. The van der Waals surface area contributed by atoms with Crippen molar-refractivity contribution >= 4 is 11.8 Å². The van der Waals surface area contributed by atoms with Crippen LogP contribution in [0.4, 0.5) is 0 Å². The number of ether oxygens (including phenoxy) is 6. The summed E-state index contributed by atoms with van der Waals surface area (Å²) in [6, 6.07) is 13.2. The van der Waals surface area contributed by atoms with Crippen LogP contribution in [0.3, 0.4) is 0 Å². The molecule has 3 aliphatic heterocycles. The maximum Gasteiger partial charge on any atom is 0.338 e. The summed E-state index contributed by atoms with van der Waals surface area (Å²) in [4.78, 5) is 27.8. The summed E-state index contributed by atoms with van der Waals surface area (Å²) >= 11 is 0. The number of aliphatic hydroxyl groups excluding tert-OH is 1. The summed E-state index contributed by atoms with van der Waals surface area (Å²) in [6.07, 6.45) is -2.68. The number of ketones is 1. The third-order valence-corrected chi connectivity index (χ3v) is 11.5. The van der Waals surface area contributed by atoms with E-state index in [0.717, 1.165) is 0 Å². The summed E-state index contributed by atoms with van der Waals surface area (Å²) < 4.78 is 38.8. The number of phenolic OH excluding ortho intramolecular Hbond substituents is 1. The van der Waals surface area contributed by atoms with Gasteiger partial charge >= 0.3 is 11.9 Å². The first kappa shape index (κ1) is 29.8. The predicted octanol–water partition coefficient (Wildman–Crippen LogP) is 2.91. The quantitative estimate of drug-likeness (QED) is 0.253. The van der Waals surface area contributed by atoms with Gasteiger partial charge in [-0.05, 0) is 50.1 Å². The second-order valence-electron chi connectivity index (χ2n) is 13.7. The molecule has 6 aliphatic rings. The highest BCUT2D eigenvalue weighted by Gasteiger charge is 2.90. The topological polar surface area (TPSA) is 154 Å². The standard InChI is InChI=1S/C35H36O11/c1-16(2)33-26(42-29(38)19-12-13-21(36)22(15-19)41-6)18(4)34-23-14-17(3)25(37)32(23,40)30(39)31(5)27(43-31)24(34)28(33)44-35(45-33,46-34)20-10-8-7-9-11-20/h7-15,18,23-24,26-28,30,36,39-40H,1H2,2-6H3/t18-,23-,24+,26+,27+,28-,30-,31+,32-,33+,34+,35?/m1/s1. The Balaban J connectivity index is 1.37. The number of benzene rings is 2. The van der Waals surface area contributed by atoms with Crippen molar-refractivity contribution in [3.05, 3.63) is 83.5 Å². The van der Waals surface area contributed by atoms with Gasteiger partial charge in [0.1, 0.15) is 23.9 Å². The first-order valence-electron chi connectivity index (χ1n) is 15.4. The number of carbonyl (C=O) groups is 2. The van der Waals surface area contributed by atoms with Gasteiger partial charge in [0.05, 0.1) is 24.4 Å². The Morgan fingerprint density at radius 2 is 1.78 bits per heavy atom. The average molecular weight is 633 g/mol. The Hall–Kier alpha value is -3.58. The fourth-order valence-electron chi connectivity index (χ4n) is 9.24. The molecule has 3 heterocycles. The van der Waals surface area contributed by atoms with Crippen LogP contribution in [0.2, 0.25) is 0 Å². The fraction of sp³-hybridized carbons (Fsp3) is 0.486. The number of carbonyl (C=O) groups excluding carboxylic acids is 2. The Bertz CT molecular complexity index is 1740. The van der Waals surface area contributed by atoms with Crippen LogP contribution >= 0.6 is 0 Å². The number of hydrogen-bond donors (Lipinski definition) is 3. The molecule has 2 aromatic carbocycles. The highest BCUT2D eigenvalue weighted by molar-refractivity contribution is 6.05. The first-order chi connectivity index (χ1) is 21.7. The zero-order chi connectivity index (χ0) is 32.8. The molecule has 242 valence electrons. The minimum Gasteiger partial charge on any atom is -0.504 e. The average Bonchev–Trinajstić information content (AvgIpc) is 3.59. The number of esters is 1. The van der Waals surface area contributed by atoms with Crippen LogP contribution in [0.1, 0.15) is 43.6 Å². The molecule has 11 nitrogen and oxygen atoms in total. The van der Waals surface area contributed by atoms with Gasteiger partial charge in [-0.25, -0.2) is 4.79 Å². The number of rotatable bonds is 5. The summed E-state index contributed by atoms with van der Waals surface area (Å²) in [5, 5.41) is 34.4. The van der Waals surface area contributed by atoms with E-state index in [1.165, 1.54) is 25.3 Å². The molecule has 0 aromatic heterocycles. The van der Waals surface area contributed by atoms with Crippen LogP contribution < -0.4 is 4.74 Å². The molecule has 8 rings (SSSR count). The fourth-order valence-corrected chi connectivity index (χ4v) is 9.24. The van der Waals surface area contributed by atoms with Gasteiger partial charge in [0, 0.05) is 23.3 Å². The highest BCUT2D eigenvalue weighted by Crippen LogP contribution is 2.74. The van der Waals surface area contributed by atoms with Gasteiger partial charge in [0.2, 0.25) is 0 Å². The molecule has 1 unspecified atom stereocenters. The van der Waals surface area contributed by atoms with E-state index in [-0.39, 0.29) is 22.6 Å². The minimum absolute atomic E-state index is 0.0874. The van der Waals surface area contributed by atoms with Gasteiger partial charge in [-0.2, -0.15) is 0 Å². The summed E-state index contributed by atoms with van der Waals surface area (Å²) in [6.45, 7) is 11.2. The Morgan fingerprint density at radius 3 is 2.46 bits per heavy atom. The third kappa shape index (κ3) is 3.23. The molecule has 2 saturated carbocycles. The SMILES string of the molecule is C=C(C)[C@@]12OC3(c4ccccc4)O[C@@H]1[C@@H]1[C@@H]4O[C@]4(C)[C@@H](O)[C@]4(O)C(=O)C(C)=C[C@H]4[C@@]1(O3)[C@H](C)[C@@H]2OC(=O)c1ccc(O)c(OC)c1.